The van der Waals surface area contributed by atoms with Crippen LogP contribution >= 0.6 is 11.8 Å². The fourth-order valence-electron chi connectivity index (χ4n) is 1.58. The van der Waals surface area contributed by atoms with E-state index in [0.29, 0.717) is 5.69 Å². The van der Waals surface area contributed by atoms with Gasteiger partial charge in [-0.2, -0.15) is 17.0 Å². The topological polar surface area (TPSA) is 48.7 Å². The average Bonchev–Trinajstić information content (AvgIpc) is 2.38. The van der Waals surface area contributed by atoms with Crippen molar-refractivity contribution < 1.29 is 0 Å². The summed E-state index contributed by atoms with van der Waals surface area (Å²) in [6.07, 6.45) is 7.56. The maximum Gasteiger partial charge on any atom is 0.144 e. The van der Waals surface area contributed by atoms with Gasteiger partial charge >= 0.3 is 0 Å². The molecule has 1 rings (SSSR count). The fourth-order valence-corrected chi connectivity index (χ4v) is 2.07. The monoisotopic (exact) mass is 249 g/mol. The van der Waals surface area contributed by atoms with Gasteiger partial charge in [0.2, 0.25) is 0 Å². The number of nitrogens with one attached hydrogen (secondary N) is 1. The molecule has 0 unspecified atom stereocenters. The van der Waals surface area contributed by atoms with Crippen molar-refractivity contribution in [2.75, 3.05) is 18.6 Å². The van der Waals surface area contributed by atoms with Crippen LogP contribution in [0.25, 0.3) is 0 Å². The number of nitriles is 1. The second-order valence-corrected chi connectivity index (χ2v) is 4.84. The first-order valence-electron chi connectivity index (χ1n) is 5.92. The summed E-state index contributed by atoms with van der Waals surface area (Å²) in [5.41, 5.74) is 1.52. The molecule has 0 aromatic carbocycles. The molecule has 0 aliphatic rings. The minimum atomic E-state index is 0.530. The zero-order chi connectivity index (χ0) is 12.3. The lowest BCUT2D eigenvalue weighted by molar-refractivity contribution is 0.617. The molecule has 92 valence electrons. The van der Waals surface area contributed by atoms with Gasteiger partial charge in [-0.3, -0.25) is 0 Å². The molecule has 0 fully saturated rings. The summed E-state index contributed by atoms with van der Waals surface area (Å²) in [5.74, 6) is 1.25. The highest BCUT2D eigenvalue weighted by Gasteiger charge is 2.00. The molecule has 0 radical (unpaired) electrons. The van der Waals surface area contributed by atoms with E-state index in [-0.39, 0.29) is 0 Å². The highest BCUT2D eigenvalue weighted by Crippen LogP contribution is 2.04. The molecule has 0 saturated heterocycles. The lowest BCUT2D eigenvalue weighted by Gasteiger charge is -2.05. The van der Waals surface area contributed by atoms with Gasteiger partial charge in [-0.25, -0.2) is 4.98 Å². The Balaban J connectivity index is 2.16. The average molecular weight is 249 g/mol. The molecule has 0 saturated carbocycles. The predicted octanol–water partition coefficient (Wildman–Crippen LogP) is 2.58. The molecule has 0 bridgehead atoms. The van der Waals surface area contributed by atoms with E-state index in [2.05, 4.69) is 22.6 Å². The highest BCUT2D eigenvalue weighted by molar-refractivity contribution is 7.98. The van der Waals surface area contributed by atoms with Gasteiger partial charge in [-0.1, -0.05) is 12.5 Å². The summed E-state index contributed by atoms with van der Waals surface area (Å²) in [7, 11) is 0. The van der Waals surface area contributed by atoms with Gasteiger partial charge in [-0.15, -0.1) is 0 Å². The first-order valence-corrected chi connectivity index (χ1v) is 7.31. The van der Waals surface area contributed by atoms with E-state index in [1.807, 2.05) is 23.9 Å². The van der Waals surface area contributed by atoms with Gasteiger partial charge < -0.3 is 5.32 Å². The first-order chi connectivity index (χ1) is 8.38. The molecule has 0 aliphatic heterocycles. The van der Waals surface area contributed by atoms with Crippen LogP contribution in [0.2, 0.25) is 0 Å². The number of hydrogen-bond donors (Lipinski definition) is 1. The minimum Gasteiger partial charge on any atom is -0.313 e. The maximum absolute atomic E-state index is 8.88. The van der Waals surface area contributed by atoms with Gasteiger partial charge in [-0.05, 0) is 37.5 Å². The van der Waals surface area contributed by atoms with Crippen molar-refractivity contribution in [1.82, 2.24) is 10.3 Å². The number of unbranched alkanes of at least 4 members (excludes halogenated alkanes) is 2. The fraction of sp³-hybridized carbons (Fsp3) is 0.538. The third-order valence-electron chi connectivity index (χ3n) is 2.51. The number of thioether (sulfide) groups is 1. The summed E-state index contributed by atoms with van der Waals surface area (Å²) in [5, 5.41) is 12.2. The molecule has 1 aromatic heterocycles. The van der Waals surface area contributed by atoms with Crippen molar-refractivity contribution in [2.45, 2.75) is 25.8 Å². The Morgan fingerprint density at radius 2 is 2.29 bits per heavy atom. The maximum atomic E-state index is 8.88. The lowest BCUT2D eigenvalue weighted by Crippen LogP contribution is -2.15. The third-order valence-corrected chi connectivity index (χ3v) is 3.21. The van der Waals surface area contributed by atoms with E-state index in [0.717, 1.165) is 18.7 Å². The standard InChI is InChI=1S/C13H19N3S/c1-17-9-4-2-3-7-15-11-12-6-5-8-16-13(12)10-14/h5-6,8,15H,2-4,7,9,11H2,1H3. The van der Waals surface area contributed by atoms with Crippen LogP contribution in [-0.4, -0.2) is 23.5 Å². The molecule has 0 amide bonds. The van der Waals surface area contributed by atoms with Crippen LogP contribution in [0.3, 0.4) is 0 Å². The minimum absolute atomic E-state index is 0.530. The van der Waals surface area contributed by atoms with Crippen molar-refractivity contribution in [2.24, 2.45) is 0 Å². The van der Waals surface area contributed by atoms with Crippen LogP contribution in [0, 0.1) is 11.3 Å². The molecule has 3 nitrogen and oxygen atoms in total. The van der Waals surface area contributed by atoms with Crippen LogP contribution in [0.4, 0.5) is 0 Å². The Labute approximate surface area is 108 Å². The van der Waals surface area contributed by atoms with E-state index in [4.69, 9.17) is 5.26 Å². The van der Waals surface area contributed by atoms with Gasteiger partial charge in [0.15, 0.2) is 0 Å². The van der Waals surface area contributed by atoms with Crippen molar-refractivity contribution >= 4 is 11.8 Å². The normalized spacial score (nSPS) is 10.1. The summed E-state index contributed by atoms with van der Waals surface area (Å²) in [6, 6.07) is 5.93. The third kappa shape index (κ3) is 5.71. The van der Waals surface area contributed by atoms with Gasteiger partial charge in [0, 0.05) is 18.3 Å². The van der Waals surface area contributed by atoms with E-state index in [1.54, 1.807) is 6.20 Å². The van der Waals surface area contributed by atoms with Crippen LogP contribution < -0.4 is 5.32 Å². The summed E-state index contributed by atoms with van der Waals surface area (Å²) in [4.78, 5) is 4.03. The van der Waals surface area contributed by atoms with Gasteiger partial charge in [0.1, 0.15) is 11.8 Å². The Kier molecular flexibility index (Phi) is 7.44. The van der Waals surface area contributed by atoms with Gasteiger partial charge in [0.25, 0.3) is 0 Å². The molecule has 4 heteroatoms. The Morgan fingerprint density at radius 1 is 1.41 bits per heavy atom. The van der Waals surface area contributed by atoms with Crippen LogP contribution in [0.1, 0.15) is 30.5 Å². The molecule has 1 heterocycles. The largest absolute Gasteiger partial charge is 0.313 e. The van der Waals surface area contributed by atoms with Crippen LogP contribution in [-0.2, 0) is 6.54 Å². The smallest absolute Gasteiger partial charge is 0.144 e. The molecular formula is C13H19N3S. The van der Waals surface area contributed by atoms with E-state index >= 15 is 0 Å². The van der Waals surface area contributed by atoms with E-state index in [1.165, 1.54) is 25.0 Å². The van der Waals surface area contributed by atoms with E-state index < -0.39 is 0 Å². The van der Waals surface area contributed by atoms with Crippen molar-refractivity contribution in [3.63, 3.8) is 0 Å². The Hall–Kier alpha value is -1.05. The Bertz CT molecular complexity index is 360. The number of hydrogen-bond acceptors (Lipinski definition) is 4. The summed E-state index contributed by atoms with van der Waals surface area (Å²) >= 11 is 1.90. The molecule has 0 aliphatic carbocycles. The number of nitrogens with zero attached hydrogens (tertiary/aromatic N) is 2. The first kappa shape index (κ1) is 14.0. The second kappa shape index (κ2) is 9.03. The molecule has 1 N–H and O–H groups in total. The molecule has 0 spiro atoms. The van der Waals surface area contributed by atoms with Crippen LogP contribution in [0.15, 0.2) is 18.3 Å². The predicted molar refractivity (Wildman–Crippen MR) is 72.9 cm³/mol. The van der Waals surface area contributed by atoms with Crippen molar-refractivity contribution in [1.29, 1.82) is 5.26 Å². The number of aromatic nitrogens is 1. The highest BCUT2D eigenvalue weighted by atomic mass is 32.2. The Morgan fingerprint density at radius 3 is 3.06 bits per heavy atom. The van der Waals surface area contributed by atoms with Crippen molar-refractivity contribution in [3.8, 4) is 6.07 Å². The summed E-state index contributed by atoms with van der Waals surface area (Å²) < 4.78 is 0. The SMILES string of the molecule is CSCCCCCNCc1cccnc1C#N. The summed E-state index contributed by atoms with van der Waals surface area (Å²) in [6.45, 7) is 1.74. The molecule has 1 aromatic rings. The molecular weight excluding hydrogens is 230 g/mol. The second-order valence-electron chi connectivity index (χ2n) is 3.85. The van der Waals surface area contributed by atoms with Crippen molar-refractivity contribution in [3.05, 3.63) is 29.6 Å². The quantitative estimate of drug-likeness (QED) is 0.719. The van der Waals surface area contributed by atoms with Crippen LogP contribution in [0.5, 0.6) is 0 Å². The zero-order valence-electron chi connectivity index (χ0n) is 10.3. The molecule has 17 heavy (non-hydrogen) atoms. The van der Waals surface area contributed by atoms with E-state index in [9.17, 15) is 0 Å². The van der Waals surface area contributed by atoms with Gasteiger partial charge in [0.05, 0.1) is 0 Å². The number of rotatable bonds is 8. The number of pyridine rings is 1. The lowest BCUT2D eigenvalue weighted by atomic mass is 10.2. The molecule has 0 atom stereocenters. The zero-order valence-corrected chi connectivity index (χ0v) is 11.1.